The first-order valence-electron chi connectivity index (χ1n) is 9.76. The number of hydrogen-bond donors (Lipinski definition) is 2. The average molecular weight is 332 g/mol. The molecule has 24 heavy (non-hydrogen) atoms. The first-order chi connectivity index (χ1) is 11.1. The predicted molar refractivity (Wildman–Crippen MR) is 93.3 cm³/mol. The number of hydrogen-bond acceptors (Lipinski definition) is 3. The highest BCUT2D eigenvalue weighted by molar-refractivity contribution is 5.96. The van der Waals surface area contributed by atoms with Crippen molar-refractivity contribution in [3.63, 3.8) is 0 Å². The molecule has 4 aliphatic rings. The normalized spacial score (nSPS) is 54.3. The van der Waals surface area contributed by atoms with Gasteiger partial charge in [0, 0.05) is 11.8 Å². The van der Waals surface area contributed by atoms with Crippen LogP contribution in [0.3, 0.4) is 0 Å². The van der Waals surface area contributed by atoms with Crippen LogP contribution in [0.2, 0.25) is 0 Å². The number of Topliss-reactive ketones (excluding diaryl/α,β-unsaturated/α-hetero) is 1. The van der Waals surface area contributed by atoms with Gasteiger partial charge in [0.15, 0.2) is 5.78 Å². The topological polar surface area (TPSA) is 57.5 Å². The summed E-state index contributed by atoms with van der Waals surface area (Å²) in [5.41, 5.74) is 1.42. The lowest BCUT2D eigenvalue weighted by molar-refractivity contribution is -0.166. The van der Waals surface area contributed by atoms with Crippen LogP contribution < -0.4 is 0 Å². The Morgan fingerprint density at radius 1 is 1.08 bits per heavy atom. The van der Waals surface area contributed by atoms with Gasteiger partial charge in [-0.3, -0.25) is 4.79 Å². The molecule has 0 amide bonds. The second kappa shape index (κ2) is 4.94. The fourth-order valence-electron chi connectivity index (χ4n) is 7.33. The van der Waals surface area contributed by atoms with Crippen molar-refractivity contribution >= 4 is 5.78 Å². The molecular formula is C21H32O3. The van der Waals surface area contributed by atoms with Crippen LogP contribution in [-0.4, -0.2) is 27.7 Å². The predicted octanol–water partition coefficient (Wildman–Crippen LogP) is 3.63. The molecule has 4 aliphatic carbocycles. The summed E-state index contributed by atoms with van der Waals surface area (Å²) < 4.78 is 0. The van der Waals surface area contributed by atoms with Crippen molar-refractivity contribution < 1.29 is 15.0 Å². The third-order valence-corrected chi connectivity index (χ3v) is 8.91. The monoisotopic (exact) mass is 332 g/mol. The molecule has 3 saturated carbocycles. The molecule has 134 valence electrons. The highest BCUT2D eigenvalue weighted by Gasteiger charge is 2.65. The largest absolute Gasteiger partial charge is 0.393 e. The van der Waals surface area contributed by atoms with Crippen molar-refractivity contribution in [1.82, 2.24) is 0 Å². The second-order valence-electron chi connectivity index (χ2n) is 9.78. The van der Waals surface area contributed by atoms with Crippen molar-refractivity contribution in [3.05, 3.63) is 11.1 Å². The van der Waals surface area contributed by atoms with E-state index in [1.165, 1.54) is 5.57 Å². The number of aliphatic hydroxyl groups excluding tert-OH is 1. The second-order valence-corrected chi connectivity index (χ2v) is 9.78. The maximum atomic E-state index is 12.2. The van der Waals surface area contributed by atoms with Crippen molar-refractivity contribution in [1.29, 1.82) is 0 Å². The smallest absolute Gasteiger partial charge is 0.158 e. The third-order valence-electron chi connectivity index (χ3n) is 8.91. The van der Waals surface area contributed by atoms with E-state index in [9.17, 15) is 15.0 Å². The summed E-state index contributed by atoms with van der Waals surface area (Å²) in [5, 5.41) is 22.2. The lowest BCUT2D eigenvalue weighted by Crippen LogP contribution is -2.59. The van der Waals surface area contributed by atoms with Gasteiger partial charge in [-0.15, -0.1) is 0 Å². The van der Waals surface area contributed by atoms with Gasteiger partial charge in [0.2, 0.25) is 0 Å². The van der Waals surface area contributed by atoms with Gasteiger partial charge in [-0.1, -0.05) is 19.4 Å². The van der Waals surface area contributed by atoms with Crippen molar-refractivity contribution in [2.24, 2.45) is 28.6 Å². The molecule has 0 saturated heterocycles. The highest BCUT2D eigenvalue weighted by atomic mass is 16.3. The van der Waals surface area contributed by atoms with Gasteiger partial charge >= 0.3 is 0 Å². The number of ketones is 1. The summed E-state index contributed by atoms with van der Waals surface area (Å²) >= 11 is 0. The van der Waals surface area contributed by atoms with E-state index < -0.39 is 5.60 Å². The fourth-order valence-corrected chi connectivity index (χ4v) is 7.33. The molecule has 4 rings (SSSR count). The Labute approximate surface area is 145 Å². The first kappa shape index (κ1) is 16.8. The minimum Gasteiger partial charge on any atom is -0.393 e. The average Bonchev–Trinajstić information content (AvgIpc) is 2.73. The quantitative estimate of drug-likeness (QED) is 0.712. The van der Waals surface area contributed by atoms with Crippen LogP contribution in [-0.2, 0) is 4.79 Å². The zero-order valence-corrected chi connectivity index (χ0v) is 15.6. The van der Waals surface area contributed by atoms with Gasteiger partial charge < -0.3 is 10.2 Å². The Kier molecular flexibility index (Phi) is 3.46. The molecule has 0 aromatic heterocycles. The highest BCUT2D eigenvalue weighted by Crippen LogP contribution is 2.67. The van der Waals surface area contributed by atoms with E-state index in [1.807, 2.05) is 13.8 Å². The first-order valence-corrected chi connectivity index (χ1v) is 9.76. The maximum Gasteiger partial charge on any atom is 0.158 e. The van der Waals surface area contributed by atoms with E-state index in [0.29, 0.717) is 30.5 Å². The molecule has 0 aromatic rings. The minimum absolute atomic E-state index is 0.0316. The zero-order valence-electron chi connectivity index (χ0n) is 15.6. The molecule has 2 N–H and O–H groups in total. The Balaban J connectivity index is 1.77. The lowest BCUT2D eigenvalue weighted by Gasteiger charge is -2.60. The minimum atomic E-state index is -0.668. The molecular weight excluding hydrogens is 300 g/mol. The summed E-state index contributed by atoms with van der Waals surface area (Å²) in [7, 11) is 0. The number of aliphatic hydroxyl groups is 2. The fraction of sp³-hybridized carbons (Fsp3) is 0.857. The molecule has 0 bridgehead atoms. The Morgan fingerprint density at radius 3 is 2.50 bits per heavy atom. The number of fused-ring (bicyclic) bond motifs is 5. The third kappa shape index (κ3) is 1.89. The van der Waals surface area contributed by atoms with Gasteiger partial charge in [-0.2, -0.15) is 0 Å². The van der Waals surface area contributed by atoms with Crippen LogP contribution in [0.5, 0.6) is 0 Å². The molecule has 3 fully saturated rings. The number of carbonyl (C=O) groups excluding carboxylic acids is 1. The summed E-state index contributed by atoms with van der Waals surface area (Å²) in [6.45, 7) is 8.47. The van der Waals surface area contributed by atoms with E-state index in [0.717, 1.165) is 37.7 Å². The van der Waals surface area contributed by atoms with Crippen LogP contribution >= 0.6 is 0 Å². The molecule has 0 aliphatic heterocycles. The summed E-state index contributed by atoms with van der Waals surface area (Å²) in [4.78, 5) is 12.2. The van der Waals surface area contributed by atoms with Crippen LogP contribution in [0.1, 0.15) is 72.6 Å². The molecule has 0 aromatic carbocycles. The van der Waals surface area contributed by atoms with Gasteiger partial charge in [0.1, 0.15) is 0 Å². The number of allylic oxidation sites excluding steroid dienone is 1. The Morgan fingerprint density at radius 2 is 1.79 bits per heavy atom. The zero-order chi connectivity index (χ0) is 17.5. The molecule has 3 heteroatoms. The van der Waals surface area contributed by atoms with E-state index in [-0.39, 0.29) is 22.9 Å². The molecule has 0 radical (unpaired) electrons. The number of carbonyl (C=O) groups is 1. The summed E-state index contributed by atoms with van der Waals surface area (Å²) in [5.74, 6) is 1.52. The molecule has 0 spiro atoms. The van der Waals surface area contributed by atoms with Crippen LogP contribution in [0, 0.1) is 28.6 Å². The maximum absolute atomic E-state index is 12.2. The molecule has 3 nitrogen and oxygen atoms in total. The molecule has 0 heterocycles. The van der Waals surface area contributed by atoms with Crippen molar-refractivity contribution in [3.8, 4) is 0 Å². The van der Waals surface area contributed by atoms with Crippen molar-refractivity contribution in [2.45, 2.75) is 84.3 Å². The Bertz CT molecular complexity index is 619. The SMILES string of the molecule is CC1=C2CC[C@@H]3[C@H]([C@@H](O)C[C@@]4(C)[C@H]3CC[C@@]4(C)O)[C@@]2(C)CCC1=O. The van der Waals surface area contributed by atoms with Crippen molar-refractivity contribution in [2.75, 3.05) is 0 Å². The van der Waals surface area contributed by atoms with E-state index in [4.69, 9.17) is 0 Å². The summed E-state index contributed by atoms with van der Waals surface area (Å²) in [6, 6.07) is 0. The van der Waals surface area contributed by atoms with Gasteiger partial charge in [0.05, 0.1) is 11.7 Å². The Hall–Kier alpha value is -0.670. The standard InChI is InChI=1S/C21H32O3/c1-12-14-6-5-13-15-7-10-21(4,24)20(15,3)11-17(23)18(13)19(14,2)9-8-16(12)22/h13,15,17-18,23-24H,5-11H2,1-4H3/t13-,15-,17-,18+,19-,20-,21+/m0/s1. The van der Waals surface area contributed by atoms with E-state index >= 15 is 0 Å². The number of rotatable bonds is 0. The van der Waals surface area contributed by atoms with Gasteiger partial charge in [-0.25, -0.2) is 0 Å². The van der Waals surface area contributed by atoms with Crippen LogP contribution in [0.4, 0.5) is 0 Å². The van der Waals surface area contributed by atoms with Crippen LogP contribution in [0.15, 0.2) is 11.1 Å². The van der Waals surface area contributed by atoms with Gasteiger partial charge in [-0.05, 0) is 81.1 Å². The summed E-state index contributed by atoms with van der Waals surface area (Å²) in [6.07, 6.45) is 5.82. The molecule has 0 unspecified atom stereocenters. The van der Waals surface area contributed by atoms with E-state index in [2.05, 4.69) is 13.8 Å². The lowest BCUT2D eigenvalue weighted by atomic mass is 9.45. The van der Waals surface area contributed by atoms with Gasteiger partial charge in [0.25, 0.3) is 0 Å². The van der Waals surface area contributed by atoms with Crippen LogP contribution in [0.25, 0.3) is 0 Å². The van der Waals surface area contributed by atoms with E-state index in [1.54, 1.807) is 0 Å². The molecule has 7 atom stereocenters.